The zero-order valence-corrected chi connectivity index (χ0v) is 18.2. The summed E-state index contributed by atoms with van der Waals surface area (Å²) in [6, 6.07) is 12.0. The van der Waals surface area contributed by atoms with E-state index in [1.54, 1.807) is 6.20 Å². The van der Waals surface area contributed by atoms with Crippen LogP contribution >= 0.6 is 11.8 Å². The molecule has 1 aromatic heterocycles. The molecule has 156 valence electrons. The third-order valence-corrected chi connectivity index (χ3v) is 5.96. The first-order valence-electron chi connectivity index (χ1n) is 9.94. The number of nitrogens with one attached hydrogen (secondary N) is 1. The Morgan fingerprint density at radius 3 is 2.77 bits per heavy atom. The molecule has 0 bridgehead atoms. The third kappa shape index (κ3) is 4.46. The fourth-order valence-corrected chi connectivity index (χ4v) is 4.26. The summed E-state index contributed by atoms with van der Waals surface area (Å²) in [6.45, 7) is 7.23. The number of carbonyl (C=O) groups is 1. The molecule has 1 unspecified atom stereocenters. The third-order valence-electron chi connectivity index (χ3n) is 4.99. The van der Waals surface area contributed by atoms with Crippen LogP contribution in [0.5, 0.6) is 11.5 Å². The Hall–Kier alpha value is -2.93. The minimum Gasteiger partial charge on any atom is -0.486 e. The lowest BCUT2D eigenvalue weighted by Gasteiger charge is -2.21. The van der Waals surface area contributed by atoms with E-state index in [1.807, 2.05) is 35.9 Å². The molecule has 1 aliphatic rings. The van der Waals surface area contributed by atoms with Crippen LogP contribution in [0, 0.1) is 13.8 Å². The van der Waals surface area contributed by atoms with Crippen molar-refractivity contribution in [3.63, 3.8) is 0 Å². The Morgan fingerprint density at radius 1 is 1.17 bits per heavy atom. The molecular formula is C23H25N3O3S. The summed E-state index contributed by atoms with van der Waals surface area (Å²) < 4.78 is 13.2. The molecule has 0 radical (unpaired) electrons. The monoisotopic (exact) mass is 423 g/mol. The Kier molecular flexibility index (Phi) is 5.99. The number of rotatable bonds is 6. The Labute approximate surface area is 180 Å². The zero-order chi connectivity index (χ0) is 21.1. The van der Waals surface area contributed by atoms with Crippen LogP contribution in [0.4, 0.5) is 0 Å². The number of imidazole rings is 1. The van der Waals surface area contributed by atoms with Crippen LogP contribution < -0.4 is 14.8 Å². The summed E-state index contributed by atoms with van der Waals surface area (Å²) in [5.74, 6) is 1.72. The van der Waals surface area contributed by atoms with Crippen LogP contribution in [0.2, 0.25) is 0 Å². The van der Waals surface area contributed by atoms with Gasteiger partial charge in [-0.3, -0.25) is 9.36 Å². The topological polar surface area (TPSA) is 65.4 Å². The van der Waals surface area contributed by atoms with Crippen molar-refractivity contribution in [2.75, 3.05) is 19.0 Å². The predicted molar refractivity (Wildman–Crippen MR) is 118 cm³/mol. The highest BCUT2D eigenvalue weighted by atomic mass is 32.2. The summed E-state index contributed by atoms with van der Waals surface area (Å²) in [7, 11) is 0. The van der Waals surface area contributed by atoms with Gasteiger partial charge in [0.25, 0.3) is 0 Å². The number of amides is 1. The average molecular weight is 424 g/mol. The molecule has 3 aromatic rings. The molecule has 0 spiro atoms. The number of thioether (sulfide) groups is 1. The van der Waals surface area contributed by atoms with E-state index in [0.717, 1.165) is 27.9 Å². The first-order chi connectivity index (χ1) is 14.5. The van der Waals surface area contributed by atoms with E-state index >= 15 is 0 Å². The number of benzene rings is 2. The fourth-order valence-electron chi connectivity index (χ4n) is 3.48. The van der Waals surface area contributed by atoms with E-state index in [2.05, 4.69) is 42.3 Å². The first-order valence-corrected chi connectivity index (χ1v) is 10.9. The number of aryl methyl sites for hydroxylation is 2. The second-order valence-corrected chi connectivity index (χ2v) is 8.29. The highest BCUT2D eigenvalue weighted by Crippen LogP contribution is 2.32. The van der Waals surface area contributed by atoms with Gasteiger partial charge >= 0.3 is 0 Å². The van der Waals surface area contributed by atoms with E-state index in [4.69, 9.17) is 9.47 Å². The van der Waals surface area contributed by atoms with E-state index in [-0.39, 0.29) is 17.7 Å². The minimum absolute atomic E-state index is 0.0439. The van der Waals surface area contributed by atoms with Crippen molar-refractivity contribution in [3.8, 4) is 17.2 Å². The maximum absolute atomic E-state index is 12.5. The second-order valence-electron chi connectivity index (χ2n) is 7.35. The van der Waals surface area contributed by atoms with Crippen LogP contribution in [-0.4, -0.2) is 34.4 Å². The summed E-state index contributed by atoms with van der Waals surface area (Å²) in [5, 5.41) is 3.85. The van der Waals surface area contributed by atoms with Gasteiger partial charge in [-0.1, -0.05) is 35.5 Å². The molecule has 0 saturated heterocycles. The van der Waals surface area contributed by atoms with Crippen molar-refractivity contribution in [2.45, 2.75) is 32.0 Å². The predicted octanol–water partition coefficient (Wildman–Crippen LogP) is 4.23. The molecule has 1 N–H and O–H groups in total. The number of hydrogen-bond donors (Lipinski definition) is 1. The van der Waals surface area contributed by atoms with Gasteiger partial charge in [0, 0.05) is 12.4 Å². The average Bonchev–Trinajstić information content (AvgIpc) is 3.20. The molecule has 2 aromatic carbocycles. The van der Waals surface area contributed by atoms with Gasteiger partial charge in [-0.25, -0.2) is 4.98 Å². The van der Waals surface area contributed by atoms with Gasteiger partial charge < -0.3 is 14.8 Å². The van der Waals surface area contributed by atoms with Crippen molar-refractivity contribution >= 4 is 17.7 Å². The van der Waals surface area contributed by atoms with Gasteiger partial charge in [0.05, 0.1) is 17.5 Å². The SMILES string of the molecule is Cc1ccc(-n2ccnc2SCC(=O)NC(C)c2ccc3c(c2)OCCO3)c(C)c1. The summed E-state index contributed by atoms with van der Waals surface area (Å²) in [6.07, 6.45) is 3.69. The summed E-state index contributed by atoms with van der Waals surface area (Å²) in [5.41, 5.74) is 4.45. The lowest BCUT2D eigenvalue weighted by molar-refractivity contribution is -0.119. The van der Waals surface area contributed by atoms with Crippen LogP contribution in [0.1, 0.15) is 29.7 Å². The number of nitrogens with zero attached hydrogens (tertiary/aromatic N) is 2. The Balaban J connectivity index is 1.38. The fraction of sp³-hybridized carbons (Fsp3) is 0.304. The number of carbonyl (C=O) groups excluding carboxylic acids is 1. The molecular weight excluding hydrogens is 398 g/mol. The second kappa shape index (κ2) is 8.83. The molecule has 1 atom stereocenters. The maximum Gasteiger partial charge on any atom is 0.230 e. The standard InChI is InChI=1S/C23H25N3O3S/c1-15-4-6-19(16(2)12-15)26-9-8-24-23(26)30-14-22(27)25-17(3)18-5-7-20-21(13-18)29-11-10-28-20/h4-9,12-13,17H,10-11,14H2,1-3H3,(H,25,27). The van der Waals surface area contributed by atoms with Crippen molar-refractivity contribution < 1.29 is 14.3 Å². The molecule has 6 nitrogen and oxygen atoms in total. The maximum atomic E-state index is 12.5. The van der Waals surface area contributed by atoms with E-state index < -0.39 is 0 Å². The van der Waals surface area contributed by atoms with Gasteiger partial charge in [0.2, 0.25) is 5.91 Å². The van der Waals surface area contributed by atoms with Crippen LogP contribution in [-0.2, 0) is 4.79 Å². The van der Waals surface area contributed by atoms with Gasteiger partial charge in [-0.15, -0.1) is 0 Å². The van der Waals surface area contributed by atoms with Gasteiger partial charge in [0.15, 0.2) is 16.7 Å². The van der Waals surface area contributed by atoms with Crippen molar-refractivity contribution in [1.82, 2.24) is 14.9 Å². The minimum atomic E-state index is -0.131. The van der Waals surface area contributed by atoms with Crippen LogP contribution in [0.25, 0.3) is 5.69 Å². The van der Waals surface area contributed by atoms with Gasteiger partial charge in [0.1, 0.15) is 13.2 Å². The lowest BCUT2D eigenvalue weighted by atomic mass is 10.1. The number of ether oxygens (including phenoxy) is 2. The van der Waals surface area contributed by atoms with E-state index in [0.29, 0.717) is 13.2 Å². The molecule has 30 heavy (non-hydrogen) atoms. The molecule has 0 saturated carbocycles. The molecule has 1 aliphatic heterocycles. The molecule has 4 rings (SSSR count). The molecule has 7 heteroatoms. The summed E-state index contributed by atoms with van der Waals surface area (Å²) in [4.78, 5) is 17.0. The number of aromatic nitrogens is 2. The molecule has 2 heterocycles. The van der Waals surface area contributed by atoms with E-state index in [9.17, 15) is 4.79 Å². The van der Waals surface area contributed by atoms with Crippen molar-refractivity contribution in [3.05, 3.63) is 65.5 Å². The van der Waals surface area contributed by atoms with Crippen LogP contribution in [0.15, 0.2) is 53.9 Å². The largest absolute Gasteiger partial charge is 0.486 e. The Bertz CT molecular complexity index is 1060. The summed E-state index contributed by atoms with van der Waals surface area (Å²) >= 11 is 1.42. The van der Waals surface area contributed by atoms with Gasteiger partial charge in [-0.05, 0) is 50.1 Å². The van der Waals surface area contributed by atoms with Gasteiger partial charge in [-0.2, -0.15) is 0 Å². The quantitative estimate of drug-likeness (QED) is 0.601. The Morgan fingerprint density at radius 2 is 1.97 bits per heavy atom. The number of hydrogen-bond acceptors (Lipinski definition) is 5. The lowest BCUT2D eigenvalue weighted by Crippen LogP contribution is -2.28. The normalized spacial score (nSPS) is 13.7. The molecule has 0 fully saturated rings. The highest BCUT2D eigenvalue weighted by molar-refractivity contribution is 7.99. The molecule has 1 amide bonds. The van der Waals surface area contributed by atoms with Crippen LogP contribution in [0.3, 0.4) is 0 Å². The molecule has 0 aliphatic carbocycles. The van der Waals surface area contributed by atoms with Crippen molar-refractivity contribution in [1.29, 1.82) is 0 Å². The first kappa shape index (κ1) is 20.3. The van der Waals surface area contributed by atoms with E-state index in [1.165, 1.54) is 22.9 Å². The smallest absolute Gasteiger partial charge is 0.230 e. The van der Waals surface area contributed by atoms with Crippen molar-refractivity contribution in [2.24, 2.45) is 0 Å². The highest BCUT2D eigenvalue weighted by Gasteiger charge is 2.17. The zero-order valence-electron chi connectivity index (χ0n) is 17.3. The number of fused-ring (bicyclic) bond motifs is 1.